The van der Waals surface area contributed by atoms with Crippen LogP contribution < -0.4 is 4.90 Å². The Morgan fingerprint density at radius 1 is 0.857 bits per heavy atom. The summed E-state index contributed by atoms with van der Waals surface area (Å²) in [6, 6.07) is 15.4. The number of anilines is 2. The normalized spacial score (nSPS) is 20.4. The quantitative estimate of drug-likeness (QED) is 0.771. The molecule has 5 nitrogen and oxygen atoms in total. The summed E-state index contributed by atoms with van der Waals surface area (Å²) < 4.78 is 26.1. The molecule has 0 N–H and O–H groups in total. The Bertz CT molecular complexity index is 883. The van der Waals surface area contributed by atoms with E-state index in [0.717, 1.165) is 50.6 Å². The molecule has 2 aromatic carbocycles. The molecule has 6 heteroatoms. The Balaban J connectivity index is 1.53. The average Bonchev–Trinajstić information content (AvgIpc) is 2.74. The van der Waals surface area contributed by atoms with Crippen molar-refractivity contribution in [3.05, 3.63) is 48.5 Å². The zero-order valence-corrected chi connectivity index (χ0v) is 17.5. The van der Waals surface area contributed by atoms with Gasteiger partial charge in [-0.05, 0) is 37.6 Å². The van der Waals surface area contributed by atoms with E-state index in [1.54, 1.807) is 24.3 Å². The second-order valence-corrected chi connectivity index (χ2v) is 9.61. The Kier molecular flexibility index (Phi) is 5.45. The topological polar surface area (TPSA) is 43.9 Å². The van der Waals surface area contributed by atoms with Gasteiger partial charge in [-0.25, -0.2) is 8.42 Å². The van der Waals surface area contributed by atoms with Crippen LogP contribution in [0.5, 0.6) is 0 Å². The Labute approximate surface area is 168 Å². The van der Waals surface area contributed by atoms with Crippen molar-refractivity contribution in [2.45, 2.75) is 36.1 Å². The van der Waals surface area contributed by atoms with E-state index < -0.39 is 9.84 Å². The monoisotopic (exact) mass is 399 g/mol. The summed E-state index contributed by atoms with van der Waals surface area (Å²) in [4.78, 5) is 8.06. The van der Waals surface area contributed by atoms with Crippen LogP contribution in [0.2, 0.25) is 0 Å². The summed E-state index contributed by atoms with van der Waals surface area (Å²) >= 11 is 0. The third-order valence-electron chi connectivity index (χ3n) is 6.15. The van der Waals surface area contributed by atoms with Crippen LogP contribution in [0.1, 0.15) is 20.3 Å². The molecular formula is C22H29N3O2S. The van der Waals surface area contributed by atoms with Crippen LogP contribution >= 0.6 is 0 Å². The molecule has 2 aliphatic rings. The minimum Gasteiger partial charge on any atom is -0.338 e. The molecule has 2 aromatic rings. The fraction of sp³-hybridized carbons (Fsp3) is 0.455. The summed E-state index contributed by atoms with van der Waals surface area (Å²) in [5.74, 6) is 0. The predicted octanol–water partition coefficient (Wildman–Crippen LogP) is 3.39. The summed E-state index contributed by atoms with van der Waals surface area (Å²) in [7, 11) is -3.46. The molecule has 2 heterocycles. The zero-order chi connectivity index (χ0) is 19.7. The van der Waals surface area contributed by atoms with E-state index >= 15 is 0 Å². The molecule has 2 aliphatic heterocycles. The molecule has 28 heavy (non-hydrogen) atoms. The fourth-order valence-corrected chi connectivity index (χ4v) is 5.89. The number of fused-ring (bicyclic) bond motifs is 2. The molecule has 1 fully saturated rings. The number of benzene rings is 2. The van der Waals surface area contributed by atoms with Gasteiger partial charge >= 0.3 is 0 Å². The lowest BCUT2D eigenvalue weighted by molar-refractivity contribution is 0.103. The standard InChI is InChI=1S/C22H29N3O2S/c1-3-18(2)24-15-12-23(13-16-24)14-17-25-19-8-4-6-10-21(19)28(26,27)22-11-7-5-9-20(22)25/h4-11,18H,3,12-17H2,1-2H3. The number of piperazine rings is 1. The smallest absolute Gasteiger partial charge is 0.210 e. The highest BCUT2D eigenvalue weighted by atomic mass is 32.2. The maximum Gasteiger partial charge on any atom is 0.210 e. The van der Waals surface area contributed by atoms with Gasteiger partial charge in [0.15, 0.2) is 0 Å². The summed E-state index contributed by atoms with van der Waals surface area (Å²) in [6.07, 6.45) is 1.19. The second kappa shape index (κ2) is 7.85. The number of hydrogen-bond donors (Lipinski definition) is 0. The number of sulfone groups is 1. The van der Waals surface area contributed by atoms with Crippen molar-refractivity contribution in [1.29, 1.82) is 0 Å². The lowest BCUT2D eigenvalue weighted by atomic mass is 10.2. The van der Waals surface area contributed by atoms with Crippen molar-refractivity contribution in [2.75, 3.05) is 44.2 Å². The largest absolute Gasteiger partial charge is 0.338 e. The first kappa shape index (κ1) is 19.4. The Morgan fingerprint density at radius 2 is 1.39 bits per heavy atom. The van der Waals surface area contributed by atoms with E-state index in [4.69, 9.17) is 0 Å². The van der Waals surface area contributed by atoms with E-state index in [1.807, 2.05) is 24.3 Å². The lowest BCUT2D eigenvalue weighted by Gasteiger charge is -2.39. The summed E-state index contributed by atoms with van der Waals surface area (Å²) in [5, 5.41) is 0. The van der Waals surface area contributed by atoms with Gasteiger partial charge in [0.2, 0.25) is 9.84 Å². The average molecular weight is 400 g/mol. The van der Waals surface area contributed by atoms with E-state index in [2.05, 4.69) is 28.5 Å². The van der Waals surface area contributed by atoms with Crippen molar-refractivity contribution < 1.29 is 8.42 Å². The minimum atomic E-state index is -3.46. The van der Waals surface area contributed by atoms with E-state index in [9.17, 15) is 8.42 Å². The minimum absolute atomic E-state index is 0.412. The van der Waals surface area contributed by atoms with Crippen LogP contribution in [0.15, 0.2) is 58.3 Å². The predicted molar refractivity (Wildman–Crippen MR) is 113 cm³/mol. The van der Waals surface area contributed by atoms with Crippen molar-refractivity contribution in [1.82, 2.24) is 9.80 Å². The molecule has 0 amide bonds. The molecule has 0 radical (unpaired) electrons. The van der Waals surface area contributed by atoms with Crippen molar-refractivity contribution in [3.63, 3.8) is 0 Å². The molecule has 0 saturated carbocycles. The maximum absolute atomic E-state index is 13.0. The SMILES string of the molecule is CCC(C)N1CCN(CCN2c3ccccc3S(=O)(=O)c3ccccc32)CC1. The van der Waals surface area contributed by atoms with Gasteiger partial charge in [-0.15, -0.1) is 0 Å². The van der Waals surface area contributed by atoms with Gasteiger partial charge < -0.3 is 4.90 Å². The molecule has 150 valence electrons. The van der Waals surface area contributed by atoms with Crippen LogP contribution in [0.4, 0.5) is 11.4 Å². The first-order chi connectivity index (χ1) is 13.5. The van der Waals surface area contributed by atoms with Gasteiger partial charge in [0.05, 0.1) is 21.2 Å². The van der Waals surface area contributed by atoms with Gasteiger partial charge in [0.25, 0.3) is 0 Å². The third kappa shape index (κ3) is 3.45. The van der Waals surface area contributed by atoms with Crippen LogP contribution in [0.25, 0.3) is 0 Å². The molecule has 1 saturated heterocycles. The van der Waals surface area contributed by atoms with Gasteiger partial charge in [0.1, 0.15) is 0 Å². The van der Waals surface area contributed by atoms with Crippen LogP contribution in [-0.2, 0) is 9.84 Å². The van der Waals surface area contributed by atoms with Gasteiger partial charge in [-0.1, -0.05) is 31.2 Å². The second-order valence-electron chi connectivity index (χ2n) is 7.73. The Morgan fingerprint density at radius 3 is 1.93 bits per heavy atom. The third-order valence-corrected chi connectivity index (χ3v) is 8.00. The highest BCUT2D eigenvalue weighted by molar-refractivity contribution is 7.92. The first-order valence-corrected chi connectivity index (χ1v) is 11.7. The van der Waals surface area contributed by atoms with Crippen molar-refractivity contribution in [3.8, 4) is 0 Å². The molecule has 0 aromatic heterocycles. The molecule has 0 aliphatic carbocycles. The number of hydrogen-bond acceptors (Lipinski definition) is 5. The molecule has 1 unspecified atom stereocenters. The van der Waals surface area contributed by atoms with Crippen molar-refractivity contribution in [2.24, 2.45) is 0 Å². The number of para-hydroxylation sites is 2. The van der Waals surface area contributed by atoms with E-state index in [1.165, 1.54) is 6.42 Å². The first-order valence-electron chi connectivity index (χ1n) is 10.2. The van der Waals surface area contributed by atoms with Crippen LogP contribution in [-0.4, -0.2) is 63.5 Å². The van der Waals surface area contributed by atoms with Gasteiger partial charge in [0, 0.05) is 45.3 Å². The van der Waals surface area contributed by atoms with Gasteiger partial charge in [-0.3, -0.25) is 9.80 Å². The molecule has 0 spiro atoms. The lowest BCUT2D eigenvalue weighted by Crippen LogP contribution is -2.50. The van der Waals surface area contributed by atoms with E-state index in [-0.39, 0.29) is 0 Å². The van der Waals surface area contributed by atoms with Crippen molar-refractivity contribution >= 4 is 21.2 Å². The molecule has 1 atom stereocenters. The van der Waals surface area contributed by atoms with E-state index in [0.29, 0.717) is 15.8 Å². The highest BCUT2D eigenvalue weighted by Crippen LogP contribution is 2.43. The van der Waals surface area contributed by atoms with Crippen LogP contribution in [0, 0.1) is 0 Å². The highest BCUT2D eigenvalue weighted by Gasteiger charge is 2.33. The number of rotatable bonds is 5. The van der Waals surface area contributed by atoms with Gasteiger partial charge in [-0.2, -0.15) is 0 Å². The van der Waals surface area contributed by atoms with Crippen LogP contribution in [0.3, 0.4) is 0 Å². The molecule has 0 bridgehead atoms. The molecule has 4 rings (SSSR count). The zero-order valence-electron chi connectivity index (χ0n) is 16.7. The summed E-state index contributed by atoms with van der Waals surface area (Å²) in [6.45, 7) is 10.6. The molecular weight excluding hydrogens is 370 g/mol. The Hall–Kier alpha value is -1.89. The maximum atomic E-state index is 13.0. The number of nitrogens with zero attached hydrogens (tertiary/aromatic N) is 3. The fourth-order valence-electron chi connectivity index (χ4n) is 4.23. The summed E-state index contributed by atoms with van der Waals surface area (Å²) in [5.41, 5.74) is 1.58.